The highest BCUT2D eigenvalue weighted by molar-refractivity contribution is 7.89. The smallest absolute Gasteiger partial charge is 0.276 e. The number of pyridine rings is 3. The van der Waals surface area contributed by atoms with Crippen molar-refractivity contribution < 1.29 is 12.8 Å². The number of aromatic nitrogens is 3. The lowest BCUT2D eigenvalue weighted by molar-refractivity contribution is 0.364. The zero-order valence-corrected chi connectivity index (χ0v) is 18.9. The number of benzene rings is 1. The molecule has 6 rings (SSSR count). The molecule has 5 heterocycles. The summed E-state index contributed by atoms with van der Waals surface area (Å²) in [4.78, 5) is 14.3. The standard InChI is InChI=1S/C26H20N4O3S/c31-34(32,24-9-5-15-33-24)30-14-11-20-19(17-30)10-13-28-25(20)26-21(23-8-3-4-12-27-23)16-18-6-1-2-7-22(18)29-26/h1-10,12-13,15-16H,11,14,17H2. The minimum atomic E-state index is -3.70. The molecule has 7 nitrogen and oxygen atoms in total. The summed E-state index contributed by atoms with van der Waals surface area (Å²) in [5, 5.41) is 0.978. The van der Waals surface area contributed by atoms with Crippen molar-refractivity contribution in [3.05, 3.63) is 96.5 Å². The van der Waals surface area contributed by atoms with Crippen LogP contribution in [-0.2, 0) is 23.0 Å². The van der Waals surface area contributed by atoms with Crippen molar-refractivity contribution in [2.45, 2.75) is 18.1 Å². The van der Waals surface area contributed by atoms with Gasteiger partial charge in [0.1, 0.15) is 0 Å². The first-order chi connectivity index (χ1) is 16.6. The van der Waals surface area contributed by atoms with E-state index in [0.717, 1.165) is 44.7 Å². The van der Waals surface area contributed by atoms with Crippen molar-refractivity contribution in [3.8, 4) is 22.6 Å². The van der Waals surface area contributed by atoms with Gasteiger partial charge in [-0.2, -0.15) is 4.31 Å². The molecule has 8 heteroatoms. The molecule has 0 atom stereocenters. The van der Waals surface area contributed by atoms with Gasteiger partial charge in [-0.1, -0.05) is 24.3 Å². The minimum Gasteiger partial charge on any atom is -0.452 e. The molecule has 0 saturated carbocycles. The Labute approximate surface area is 196 Å². The maximum atomic E-state index is 13.0. The molecule has 0 bridgehead atoms. The number of sulfonamides is 1. The van der Waals surface area contributed by atoms with Crippen LogP contribution >= 0.6 is 0 Å². The fourth-order valence-corrected chi connectivity index (χ4v) is 5.75. The van der Waals surface area contributed by atoms with Crippen LogP contribution in [0.15, 0.2) is 94.9 Å². The quantitative estimate of drug-likeness (QED) is 0.380. The molecular formula is C26H20N4O3S. The van der Waals surface area contributed by atoms with Gasteiger partial charge in [-0.25, -0.2) is 13.4 Å². The lowest BCUT2D eigenvalue weighted by atomic mass is 9.95. The first kappa shape index (κ1) is 20.7. The van der Waals surface area contributed by atoms with Gasteiger partial charge in [-0.15, -0.1) is 0 Å². The second-order valence-electron chi connectivity index (χ2n) is 8.11. The third-order valence-corrected chi connectivity index (χ3v) is 7.82. The van der Waals surface area contributed by atoms with E-state index in [2.05, 4.69) is 11.1 Å². The average molecular weight is 469 g/mol. The fourth-order valence-electron chi connectivity index (χ4n) is 4.43. The Hall–Kier alpha value is -3.88. The van der Waals surface area contributed by atoms with Gasteiger partial charge in [0.05, 0.1) is 28.9 Å². The van der Waals surface area contributed by atoms with Crippen LogP contribution in [0.1, 0.15) is 11.1 Å². The molecule has 0 amide bonds. The van der Waals surface area contributed by atoms with Gasteiger partial charge < -0.3 is 4.42 Å². The van der Waals surface area contributed by atoms with Gasteiger partial charge in [0.15, 0.2) is 0 Å². The SMILES string of the molecule is O=S(=O)(c1ccco1)N1CCc2c(ccnc2-c2nc3ccccc3cc2-c2ccccn2)C1. The van der Waals surface area contributed by atoms with Crippen LogP contribution in [0.5, 0.6) is 0 Å². The molecule has 0 saturated heterocycles. The van der Waals surface area contributed by atoms with Crippen LogP contribution in [0.2, 0.25) is 0 Å². The van der Waals surface area contributed by atoms with Crippen LogP contribution in [0, 0.1) is 0 Å². The molecule has 0 aliphatic carbocycles. The van der Waals surface area contributed by atoms with Gasteiger partial charge in [0.25, 0.3) is 10.0 Å². The summed E-state index contributed by atoms with van der Waals surface area (Å²) in [6, 6.07) is 20.8. The summed E-state index contributed by atoms with van der Waals surface area (Å²) in [6.07, 6.45) is 5.38. The molecule has 1 aliphatic heterocycles. The van der Waals surface area contributed by atoms with E-state index in [1.807, 2.05) is 48.5 Å². The first-order valence-corrected chi connectivity index (χ1v) is 12.4. The molecule has 0 spiro atoms. The van der Waals surface area contributed by atoms with Crippen molar-refractivity contribution in [1.82, 2.24) is 19.3 Å². The Balaban J connectivity index is 1.48. The van der Waals surface area contributed by atoms with Gasteiger partial charge >= 0.3 is 0 Å². The fraction of sp³-hybridized carbons (Fsp3) is 0.115. The Morgan fingerprint density at radius 1 is 0.882 bits per heavy atom. The Bertz CT molecular complexity index is 1600. The van der Waals surface area contributed by atoms with E-state index < -0.39 is 10.0 Å². The van der Waals surface area contributed by atoms with E-state index in [-0.39, 0.29) is 11.6 Å². The lowest BCUT2D eigenvalue weighted by Crippen LogP contribution is -2.36. The molecule has 4 aromatic heterocycles. The number of nitrogens with zero attached hydrogens (tertiary/aromatic N) is 4. The highest BCUT2D eigenvalue weighted by Crippen LogP contribution is 2.36. The summed E-state index contributed by atoms with van der Waals surface area (Å²) < 4.78 is 32.6. The largest absolute Gasteiger partial charge is 0.452 e. The Morgan fingerprint density at radius 3 is 2.59 bits per heavy atom. The molecular weight excluding hydrogens is 448 g/mol. The summed E-state index contributed by atoms with van der Waals surface area (Å²) in [5.74, 6) is 0. The second kappa shape index (κ2) is 8.16. The molecule has 0 fully saturated rings. The predicted molar refractivity (Wildman–Crippen MR) is 128 cm³/mol. The molecule has 34 heavy (non-hydrogen) atoms. The normalized spacial score (nSPS) is 14.2. The van der Waals surface area contributed by atoms with Gasteiger partial charge in [0.2, 0.25) is 5.09 Å². The monoisotopic (exact) mass is 468 g/mol. The molecule has 168 valence electrons. The van der Waals surface area contributed by atoms with Crippen LogP contribution in [-0.4, -0.2) is 34.2 Å². The summed E-state index contributed by atoms with van der Waals surface area (Å²) in [6.45, 7) is 0.585. The Kier molecular flexibility index (Phi) is 4.97. The van der Waals surface area contributed by atoms with E-state index in [1.54, 1.807) is 18.5 Å². The van der Waals surface area contributed by atoms with Crippen LogP contribution in [0.4, 0.5) is 0 Å². The maximum Gasteiger partial charge on any atom is 0.276 e. The molecule has 0 radical (unpaired) electrons. The highest BCUT2D eigenvalue weighted by Gasteiger charge is 2.32. The topological polar surface area (TPSA) is 89.2 Å². The zero-order chi connectivity index (χ0) is 23.1. The number of para-hydroxylation sites is 1. The van der Waals surface area contributed by atoms with Crippen molar-refractivity contribution in [1.29, 1.82) is 0 Å². The molecule has 1 aromatic carbocycles. The molecule has 5 aromatic rings. The number of hydrogen-bond acceptors (Lipinski definition) is 6. The van der Waals surface area contributed by atoms with Gasteiger partial charge in [-0.05, 0) is 60.0 Å². The van der Waals surface area contributed by atoms with Gasteiger partial charge in [0, 0.05) is 36.4 Å². The third-order valence-electron chi connectivity index (χ3n) is 6.09. The van der Waals surface area contributed by atoms with E-state index in [0.29, 0.717) is 13.0 Å². The highest BCUT2D eigenvalue weighted by atomic mass is 32.2. The Morgan fingerprint density at radius 2 is 1.76 bits per heavy atom. The lowest BCUT2D eigenvalue weighted by Gasteiger charge is -2.28. The van der Waals surface area contributed by atoms with Crippen LogP contribution < -0.4 is 0 Å². The van der Waals surface area contributed by atoms with E-state index in [9.17, 15) is 8.42 Å². The first-order valence-electron chi connectivity index (χ1n) is 10.9. The molecule has 1 aliphatic rings. The van der Waals surface area contributed by atoms with E-state index in [1.165, 1.54) is 16.6 Å². The molecule has 0 N–H and O–H groups in total. The predicted octanol–water partition coefficient (Wildman–Crippen LogP) is 4.70. The van der Waals surface area contributed by atoms with Crippen molar-refractivity contribution in [3.63, 3.8) is 0 Å². The number of hydrogen-bond donors (Lipinski definition) is 0. The maximum absolute atomic E-state index is 13.0. The van der Waals surface area contributed by atoms with Crippen molar-refractivity contribution in [2.24, 2.45) is 0 Å². The van der Waals surface area contributed by atoms with Gasteiger partial charge in [-0.3, -0.25) is 9.97 Å². The summed E-state index contributed by atoms with van der Waals surface area (Å²) in [7, 11) is -3.70. The average Bonchev–Trinajstić information content (AvgIpc) is 3.44. The van der Waals surface area contributed by atoms with E-state index in [4.69, 9.17) is 14.4 Å². The second-order valence-corrected chi connectivity index (χ2v) is 9.98. The number of fused-ring (bicyclic) bond motifs is 2. The summed E-state index contributed by atoms with van der Waals surface area (Å²) in [5.41, 5.74) is 6.01. The van der Waals surface area contributed by atoms with Crippen LogP contribution in [0.25, 0.3) is 33.5 Å². The van der Waals surface area contributed by atoms with E-state index >= 15 is 0 Å². The third kappa shape index (κ3) is 3.48. The van der Waals surface area contributed by atoms with Crippen molar-refractivity contribution >= 4 is 20.9 Å². The number of rotatable bonds is 4. The summed E-state index contributed by atoms with van der Waals surface area (Å²) >= 11 is 0. The minimum absolute atomic E-state index is 0.0427. The van der Waals surface area contributed by atoms with Crippen LogP contribution in [0.3, 0.4) is 0 Å². The number of furan rings is 1. The van der Waals surface area contributed by atoms with Crippen molar-refractivity contribution in [2.75, 3.05) is 6.54 Å². The zero-order valence-electron chi connectivity index (χ0n) is 18.1. The molecule has 0 unspecified atom stereocenters.